The van der Waals surface area contributed by atoms with Crippen LogP contribution in [0.25, 0.3) is 0 Å². The van der Waals surface area contributed by atoms with Crippen LogP contribution < -0.4 is 5.73 Å². The predicted molar refractivity (Wildman–Crippen MR) is 86.5 cm³/mol. The van der Waals surface area contributed by atoms with E-state index in [1.165, 1.54) is 17.7 Å². The zero-order valence-electron chi connectivity index (χ0n) is 13.1. The zero-order chi connectivity index (χ0) is 14.5. The van der Waals surface area contributed by atoms with Crippen molar-refractivity contribution in [2.45, 2.75) is 52.6 Å². The number of nitrogens with zero attached hydrogens (tertiary/aromatic N) is 1. The lowest BCUT2D eigenvalue weighted by atomic mass is 9.80. The van der Waals surface area contributed by atoms with Gasteiger partial charge in [0, 0.05) is 23.5 Å². The molecule has 0 aromatic carbocycles. The minimum Gasteiger partial charge on any atom is -0.329 e. The molecule has 0 atom stereocenters. The van der Waals surface area contributed by atoms with Crippen LogP contribution in [0, 0.1) is 11.8 Å². The Bertz CT molecular complexity index is 334. The van der Waals surface area contributed by atoms with Crippen LogP contribution in [-0.4, -0.2) is 24.0 Å². The molecule has 0 aliphatic heterocycles. The third-order valence-electron chi connectivity index (χ3n) is 3.74. The van der Waals surface area contributed by atoms with Gasteiger partial charge in [0.05, 0.1) is 0 Å². The summed E-state index contributed by atoms with van der Waals surface area (Å²) in [6.07, 6.45) is 2.34. The van der Waals surface area contributed by atoms with Crippen molar-refractivity contribution < 1.29 is 0 Å². The summed E-state index contributed by atoms with van der Waals surface area (Å²) in [5.74, 6) is 1.35. The Kier molecular flexibility index (Phi) is 6.51. The van der Waals surface area contributed by atoms with E-state index in [1.807, 2.05) is 11.3 Å². The van der Waals surface area contributed by atoms with Crippen molar-refractivity contribution in [1.82, 2.24) is 4.90 Å². The fraction of sp³-hybridized carbons (Fsp3) is 0.750. The molecule has 0 radical (unpaired) electrons. The molecule has 0 fully saturated rings. The molecular weight excluding hydrogens is 252 g/mol. The molecule has 0 amide bonds. The average molecular weight is 282 g/mol. The van der Waals surface area contributed by atoms with E-state index < -0.39 is 0 Å². The monoisotopic (exact) mass is 282 g/mol. The zero-order valence-corrected chi connectivity index (χ0v) is 14.0. The highest BCUT2D eigenvalue weighted by Gasteiger charge is 2.34. The second-order valence-electron chi connectivity index (χ2n) is 6.56. The molecular formula is C16H30N2S. The first-order valence-electron chi connectivity index (χ1n) is 7.33. The van der Waals surface area contributed by atoms with Crippen LogP contribution in [-0.2, 0) is 6.54 Å². The van der Waals surface area contributed by atoms with Crippen LogP contribution in [0.3, 0.4) is 0 Å². The van der Waals surface area contributed by atoms with Crippen molar-refractivity contribution in [3.05, 3.63) is 22.4 Å². The lowest BCUT2D eigenvalue weighted by Gasteiger charge is -2.44. The Morgan fingerprint density at radius 2 is 1.79 bits per heavy atom. The van der Waals surface area contributed by atoms with Gasteiger partial charge in [0.2, 0.25) is 0 Å². The van der Waals surface area contributed by atoms with Gasteiger partial charge in [-0.15, -0.1) is 11.3 Å². The minimum atomic E-state index is 0.131. The van der Waals surface area contributed by atoms with Crippen LogP contribution in [0.15, 0.2) is 17.5 Å². The van der Waals surface area contributed by atoms with Crippen LogP contribution in [0.4, 0.5) is 0 Å². The standard InChI is InChI=1S/C16H30N2S/c1-13(2)9-16(12-17,10-14(3)4)18(5)11-15-7-6-8-19-15/h6-8,13-14H,9-12,17H2,1-5H3. The van der Waals surface area contributed by atoms with Crippen LogP contribution in [0.2, 0.25) is 0 Å². The lowest BCUT2D eigenvalue weighted by Crippen LogP contribution is -2.53. The molecule has 1 heterocycles. The summed E-state index contributed by atoms with van der Waals surface area (Å²) in [7, 11) is 2.23. The smallest absolute Gasteiger partial charge is 0.0337 e. The molecule has 19 heavy (non-hydrogen) atoms. The first-order chi connectivity index (χ1) is 8.89. The molecule has 0 aliphatic carbocycles. The van der Waals surface area contributed by atoms with Gasteiger partial charge in [-0.05, 0) is 43.2 Å². The molecule has 110 valence electrons. The quantitative estimate of drug-likeness (QED) is 0.781. The largest absolute Gasteiger partial charge is 0.329 e. The van der Waals surface area contributed by atoms with Gasteiger partial charge in [-0.3, -0.25) is 4.90 Å². The first-order valence-corrected chi connectivity index (χ1v) is 8.21. The van der Waals surface area contributed by atoms with E-state index in [-0.39, 0.29) is 5.54 Å². The fourth-order valence-electron chi connectivity index (χ4n) is 3.04. The summed E-state index contributed by atoms with van der Waals surface area (Å²) in [4.78, 5) is 3.91. The number of rotatable bonds is 8. The fourth-order valence-corrected chi connectivity index (χ4v) is 3.80. The van der Waals surface area contributed by atoms with E-state index in [1.54, 1.807) is 0 Å². The van der Waals surface area contributed by atoms with Crippen LogP contribution in [0.5, 0.6) is 0 Å². The Morgan fingerprint density at radius 3 is 2.16 bits per heavy atom. The molecule has 1 aromatic rings. The molecule has 3 heteroatoms. The maximum Gasteiger partial charge on any atom is 0.0337 e. The summed E-state index contributed by atoms with van der Waals surface area (Å²) in [5, 5.41) is 2.15. The molecule has 1 rings (SSSR count). The highest BCUT2D eigenvalue weighted by molar-refractivity contribution is 7.09. The van der Waals surface area contributed by atoms with Crippen molar-refractivity contribution in [2.24, 2.45) is 17.6 Å². The number of hydrogen-bond donors (Lipinski definition) is 1. The van der Waals surface area contributed by atoms with Crippen molar-refractivity contribution >= 4 is 11.3 Å². The molecule has 0 unspecified atom stereocenters. The van der Waals surface area contributed by atoms with Crippen molar-refractivity contribution in [2.75, 3.05) is 13.6 Å². The molecule has 0 aliphatic rings. The Morgan fingerprint density at radius 1 is 1.21 bits per heavy atom. The maximum absolute atomic E-state index is 6.20. The van der Waals surface area contributed by atoms with Crippen LogP contribution >= 0.6 is 11.3 Å². The first kappa shape index (κ1) is 16.7. The van der Waals surface area contributed by atoms with E-state index in [0.29, 0.717) is 11.8 Å². The summed E-state index contributed by atoms with van der Waals surface area (Å²) < 4.78 is 0. The van der Waals surface area contributed by atoms with E-state index in [9.17, 15) is 0 Å². The Hall–Kier alpha value is -0.380. The van der Waals surface area contributed by atoms with Gasteiger partial charge < -0.3 is 5.73 Å². The summed E-state index contributed by atoms with van der Waals surface area (Å²) in [6.45, 7) is 10.9. The van der Waals surface area contributed by atoms with Gasteiger partial charge in [-0.1, -0.05) is 33.8 Å². The highest BCUT2D eigenvalue weighted by atomic mass is 32.1. The Labute approximate surface area is 123 Å². The topological polar surface area (TPSA) is 29.3 Å². The molecule has 1 aromatic heterocycles. The van der Waals surface area contributed by atoms with E-state index in [4.69, 9.17) is 5.73 Å². The minimum absolute atomic E-state index is 0.131. The average Bonchev–Trinajstić information content (AvgIpc) is 2.79. The second-order valence-corrected chi connectivity index (χ2v) is 7.59. The van der Waals surface area contributed by atoms with Gasteiger partial charge in [0.1, 0.15) is 0 Å². The Balaban J connectivity index is 2.86. The molecule has 0 saturated heterocycles. The number of hydrogen-bond acceptors (Lipinski definition) is 3. The maximum atomic E-state index is 6.20. The number of likely N-dealkylation sites (N-methyl/N-ethyl adjacent to an activating group) is 1. The highest BCUT2D eigenvalue weighted by Crippen LogP contribution is 2.31. The van der Waals surface area contributed by atoms with Gasteiger partial charge in [-0.2, -0.15) is 0 Å². The van der Waals surface area contributed by atoms with E-state index in [2.05, 4.69) is 57.2 Å². The van der Waals surface area contributed by atoms with Gasteiger partial charge in [-0.25, -0.2) is 0 Å². The normalized spacial score (nSPS) is 12.9. The number of thiophene rings is 1. The van der Waals surface area contributed by atoms with E-state index in [0.717, 1.165) is 13.1 Å². The van der Waals surface area contributed by atoms with Crippen LogP contribution in [0.1, 0.15) is 45.4 Å². The predicted octanol–water partition coefficient (Wildman–Crippen LogP) is 3.97. The van der Waals surface area contributed by atoms with Gasteiger partial charge in [0.15, 0.2) is 0 Å². The number of nitrogens with two attached hydrogens (primary N) is 1. The summed E-state index contributed by atoms with van der Waals surface area (Å²) in [6, 6.07) is 4.34. The summed E-state index contributed by atoms with van der Waals surface area (Å²) in [5.41, 5.74) is 6.33. The van der Waals surface area contributed by atoms with Gasteiger partial charge >= 0.3 is 0 Å². The molecule has 0 bridgehead atoms. The van der Waals surface area contributed by atoms with E-state index >= 15 is 0 Å². The van der Waals surface area contributed by atoms with Crippen molar-refractivity contribution in [3.63, 3.8) is 0 Å². The third kappa shape index (κ3) is 4.90. The van der Waals surface area contributed by atoms with Gasteiger partial charge in [0.25, 0.3) is 0 Å². The molecule has 0 saturated carbocycles. The van der Waals surface area contributed by atoms with Crippen molar-refractivity contribution in [1.29, 1.82) is 0 Å². The molecule has 2 N–H and O–H groups in total. The second kappa shape index (κ2) is 7.41. The molecule has 2 nitrogen and oxygen atoms in total. The SMILES string of the molecule is CC(C)CC(CN)(CC(C)C)N(C)Cc1cccs1. The summed E-state index contributed by atoms with van der Waals surface area (Å²) >= 11 is 1.83. The third-order valence-corrected chi connectivity index (χ3v) is 4.60. The molecule has 0 spiro atoms. The lowest BCUT2D eigenvalue weighted by molar-refractivity contribution is 0.0723. The van der Waals surface area contributed by atoms with Crippen molar-refractivity contribution in [3.8, 4) is 0 Å².